The third kappa shape index (κ3) is 4.52. The topological polar surface area (TPSA) is 85.4 Å². The molecule has 0 radical (unpaired) electrons. The van der Waals surface area contributed by atoms with Gasteiger partial charge in [-0.3, -0.25) is 9.59 Å². The number of nitrogens with zero attached hydrogens (tertiary/aromatic N) is 1. The summed E-state index contributed by atoms with van der Waals surface area (Å²) in [6.45, 7) is 0.347. The monoisotopic (exact) mass is 427 g/mol. The summed E-state index contributed by atoms with van der Waals surface area (Å²) in [4.78, 5) is 29.3. The van der Waals surface area contributed by atoms with E-state index in [2.05, 4.69) is 10.3 Å². The molecule has 6 nitrogen and oxygen atoms in total. The van der Waals surface area contributed by atoms with Crippen molar-refractivity contribution in [3.63, 3.8) is 0 Å². The van der Waals surface area contributed by atoms with Crippen LogP contribution in [0.3, 0.4) is 0 Å². The minimum absolute atomic E-state index is 0.0563. The number of halogens is 2. The lowest BCUT2D eigenvalue weighted by Gasteiger charge is -2.25. The molecule has 31 heavy (non-hydrogen) atoms. The molecule has 2 heterocycles. The van der Waals surface area contributed by atoms with Gasteiger partial charge in [0.25, 0.3) is 0 Å². The number of carbonyl (C=O) groups excluding carboxylic acids is 2. The molecule has 1 aliphatic rings. The number of H-pyrrole nitrogens is 1. The molecular weight excluding hydrogens is 404 g/mol. The summed E-state index contributed by atoms with van der Waals surface area (Å²) < 4.78 is 27.5. The third-order valence-electron chi connectivity index (χ3n) is 5.71. The van der Waals surface area contributed by atoms with Gasteiger partial charge in [0.2, 0.25) is 11.8 Å². The van der Waals surface area contributed by atoms with E-state index < -0.39 is 11.6 Å². The molecule has 1 aliphatic heterocycles. The number of nitrogens with one attached hydrogen (secondary N) is 2. The first-order chi connectivity index (χ1) is 14.9. The Labute approximate surface area is 177 Å². The Morgan fingerprint density at radius 1 is 1.23 bits per heavy atom. The van der Waals surface area contributed by atoms with E-state index >= 15 is 0 Å². The maximum Gasteiger partial charge on any atom is 0.223 e. The van der Waals surface area contributed by atoms with Gasteiger partial charge in [0.15, 0.2) is 11.6 Å². The summed E-state index contributed by atoms with van der Waals surface area (Å²) in [5, 5.41) is 13.4. The second kappa shape index (κ2) is 8.75. The first-order valence-corrected chi connectivity index (χ1v) is 10.2. The maximum absolute atomic E-state index is 14.0. The number of hydrogen-bond donors (Lipinski definition) is 3. The minimum Gasteiger partial charge on any atom is -0.508 e. The summed E-state index contributed by atoms with van der Waals surface area (Å²) in [6.07, 6.45) is 3.33. The van der Waals surface area contributed by atoms with Crippen LogP contribution in [0.5, 0.6) is 5.75 Å². The predicted octanol–water partition coefficient (Wildman–Crippen LogP) is 3.39. The zero-order chi connectivity index (χ0) is 22.0. The highest BCUT2D eigenvalue weighted by Crippen LogP contribution is 2.26. The molecule has 162 valence electrons. The zero-order valence-electron chi connectivity index (χ0n) is 16.8. The van der Waals surface area contributed by atoms with Crippen LogP contribution in [0.15, 0.2) is 42.6 Å². The molecule has 0 bridgehead atoms. The van der Waals surface area contributed by atoms with Crippen molar-refractivity contribution in [1.82, 2.24) is 15.2 Å². The highest BCUT2D eigenvalue weighted by Gasteiger charge is 2.33. The van der Waals surface area contributed by atoms with E-state index in [0.29, 0.717) is 19.4 Å². The molecule has 3 N–H and O–H groups in total. The molecule has 0 saturated carbocycles. The van der Waals surface area contributed by atoms with Crippen molar-refractivity contribution in [2.45, 2.75) is 38.3 Å². The molecule has 1 aromatic heterocycles. The first kappa shape index (κ1) is 20.8. The first-order valence-electron chi connectivity index (χ1n) is 10.2. The summed E-state index contributed by atoms with van der Waals surface area (Å²) in [5.74, 6) is -2.11. The summed E-state index contributed by atoms with van der Waals surface area (Å²) in [7, 11) is 0. The van der Waals surface area contributed by atoms with Crippen LogP contribution < -0.4 is 5.32 Å². The lowest BCUT2D eigenvalue weighted by atomic mass is 10.1. The van der Waals surface area contributed by atoms with E-state index in [9.17, 15) is 23.5 Å². The second-order valence-electron chi connectivity index (χ2n) is 7.77. The molecule has 2 aromatic carbocycles. The number of aromatic amines is 1. The molecule has 1 fully saturated rings. The van der Waals surface area contributed by atoms with Crippen molar-refractivity contribution >= 4 is 22.7 Å². The number of likely N-dealkylation sites (tertiary alicyclic amines) is 1. The smallest absolute Gasteiger partial charge is 0.223 e. The number of aromatic hydroxyl groups is 1. The third-order valence-corrected chi connectivity index (χ3v) is 5.71. The van der Waals surface area contributed by atoms with Gasteiger partial charge in [0, 0.05) is 54.6 Å². The quantitative estimate of drug-likeness (QED) is 0.540. The van der Waals surface area contributed by atoms with Gasteiger partial charge in [-0.2, -0.15) is 0 Å². The molecule has 2 amide bonds. The maximum atomic E-state index is 14.0. The predicted molar refractivity (Wildman–Crippen MR) is 111 cm³/mol. The van der Waals surface area contributed by atoms with Crippen molar-refractivity contribution < 1.29 is 23.5 Å². The lowest BCUT2D eigenvalue weighted by molar-refractivity contribution is -0.130. The Morgan fingerprint density at radius 3 is 2.90 bits per heavy atom. The molecule has 8 heteroatoms. The molecule has 1 saturated heterocycles. The molecule has 1 atom stereocenters. The number of benzene rings is 2. The van der Waals surface area contributed by atoms with Crippen LogP contribution in [0.2, 0.25) is 0 Å². The van der Waals surface area contributed by atoms with Gasteiger partial charge >= 0.3 is 0 Å². The standard InChI is InChI=1S/C23H23F2N3O3/c24-19-3-1-2-15(23(19)25)13-28-16(4-7-22(28)31)10-21(30)26-9-8-14-12-27-20-6-5-17(29)11-18(14)20/h1-3,5-6,11-12,16,27,29H,4,7-10,13H2,(H,26,30). The second-order valence-corrected chi connectivity index (χ2v) is 7.77. The van der Waals surface area contributed by atoms with Crippen LogP contribution in [0.1, 0.15) is 30.4 Å². The molecule has 1 unspecified atom stereocenters. The van der Waals surface area contributed by atoms with Crippen LogP contribution in [-0.2, 0) is 22.6 Å². The van der Waals surface area contributed by atoms with Crippen molar-refractivity contribution in [3.05, 3.63) is 65.4 Å². The Kier molecular flexibility index (Phi) is 5.88. The zero-order valence-corrected chi connectivity index (χ0v) is 16.8. The Bertz CT molecular complexity index is 1130. The SMILES string of the molecule is O=C(CC1CCC(=O)N1Cc1cccc(F)c1F)NCCc1c[nH]c2ccc(O)cc12. The average molecular weight is 427 g/mol. The molecule has 0 aliphatic carbocycles. The van der Waals surface area contributed by atoms with Crippen LogP contribution in [0, 0.1) is 11.6 Å². The van der Waals surface area contributed by atoms with Gasteiger partial charge in [-0.15, -0.1) is 0 Å². The number of phenolic OH excluding ortho intramolecular Hbond substituents is 1. The lowest BCUT2D eigenvalue weighted by Crippen LogP contribution is -2.37. The van der Waals surface area contributed by atoms with E-state index in [1.807, 2.05) is 6.20 Å². The normalized spacial score (nSPS) is 16.3. The van der Waals surface area contributed by atoms with Gasteiger partial charge in [0.1, 0.15) is 5.75 Å². The molecule has 4 rings (SSSR count). The number of fused-ring (bicyclic) bond motifs is 1. The summed E-state index contributed by atoms with van der Waals surface area (Å²) in [5.41, 5.74) is 1.98. The van der Waals surface area contributed by atoms with E-state index in [1.54, 1.807) is 18.2 Å². The van der Waals surface area contributed by atoms with E-state index in [0.717, 1.165) is 22.5 Å². The van der Waals surface area contributed by atoms with Gasteiger partial charge < -0.3 is 20.3 Å². The van der Waals surface area contributed by atoms with Crippen LogP contribution in [-0.4, -0.2) is 39.4 Å². The van der Waals surface area contributed by atoms with Gasteiger partial charge in [-0.1, -0.05) is 12.1 Å². The number of rotatable bonds is 7. The van der Waals surface area contributed by atoms with Gasteiger partial charge in [-0.25, -0.2) is 8.78 Å². The molecule has 0 spiro atoms. The number of hydrogen-bond acceptors (Lipinski definition) is 3. The van der Waals surface area contributed by atoms with Crippen LogP contribution >= 0.6 is 0 Å². The summed E-state index contributed by atoms with van der Waals surface area (Å²) >= 11 is 0. The number of amides is 2. The molecule has 3 aromatic rings. The fraction of sp³-hybridized carbons (Fsp3) is 0.304. The molecular formula is C23H23F2N3O3. The van der Waals surface area contributed by atoms with Crippen molar-refractivity contribution in [2.75, 3.05) is 6.54 Å². The Balaban J connectivity index is 1.33. The van der Waals surface area contributed by atoms with Crippen molar-refractivity contribution in [3.8, 4) is 5.75 Å². The highest BCUT2D eigenvalue weighted by atomic mass is 19.2. The van der Waals surface area contributed by atoms with Crippen LogP contribution in [0.4, 0.5) is 8.78 Å². The van der Waals surface area contributed by atoms with E-state index in [-0.39, 0.29) is 48.6 Å². The highest BCUT2D eigenvalue weighted by molar-refractivity contribution is 5.85. The average Bonchev–Trinajstić information content (AvgIpc) is 3.29. The van der Waals surface area contributed by atoms with Crippen molar-refractivity contribution in [2.24, 2.45) is 0 Å². The van der Waals surface area contributed by atoms with Crippen molar-refractivity contribution in [1.29, 1.82) is 0 Å². The Hall–Kier alpha value is -3.42. The number of aromatic nitrogens is 1. The minimum atomic E-state index is -0.963. The van der Waals surface area contributed by atoms with Gasteiger partial charge in [0.05, 0.1) is 0 Å². The van der Waals surface area contributed by atoms with E-state index in [1.165, 1.54) is 17.0 Å². The largest absolute Gasteiger partial charge is 0.508 e. The number of carbonyl (C=O) groups is 2. The fourth-order valence-electron chi connectivity index (χ4n) is 4.07. The van der Waals surface area contributed by atoms with Gasteiger partial charge in [-0.05, 0) is 42.7 Å². The summed E-state index contributed by atoms with van der Waals surface area (Å²) in [6, 6.07) is 8.61. The fourth-order valence-corrected chi connectivity index (χ4v) is 4.07. The van der Waals surface area contributed by atoms with E-state index in [4.69, 9.17) is 0 Å². The Morgan fingerprint density at radius 2 is 2.06 bits per heavy atom. The number of phenols is 1. The van der Waals surface area contributed by atoms with Crippen LogP contribution in [0.25, 0.3) is 10.9 Å².